The van der Waals surface area contributed by atoms with E-state index in [1.165, 1.54) is 11.8 Å². The third-order valence-electron chi connectivity index (χ3n) is 5.68. The lowest BCUT2D eigenvalue weighted by Crippen LogP contribution is -2.51. The van der Waals surface area contributed by atoms with Gasteiger partial charge >= 0.3 is 6.09 Å². The molecule has 1 fully saturated rings. The Labute approximate surface area is 175 Å². The number of benzene rings is 2. The molecule has 4 rings (SSSR count). The molecule has 0 bridgehead atoms. The van der Waals surface area contributed by atoms with Crippen LogP contribution in [0.15, 0.2) is 47.4 Å². The molecule has 2 aliphatic rings. The van der Waals surface area contributed by atoms with Crippen molar-refractivity contribution in [1.82, 2.24) is 0 Å². The molecular weight excluding hydrogens is 404 g/mol. The average molecular weight is 429 g/mol. The normalized spacial score (nSPS) is 18.8. The summed E-state index contributed by atoms with van der Waals surface area (Å²) >= 11 is 0. The van der Waals surface area contributed by atoms with Gasteiger partial charge in [0.1, 0.15) is 0 Å². The molecule has 0 radical (unpaired) electrons. The lowest BCUT2D eigenvalue weighted by molar-refractivity contribution is -0.117. The molecule has 0 unspecified atom stereocenters. The first-order chi connectivity index (χ1) is 14.2. The summed E-state index contributed by atoms with van der Waals surface area (Å²) < 4.78 is 24.9. The molecule has 1 heterocycles. The van der Waals surface area contributed by atoms with Gasteiger partial charge in [0.25, 0.3) is 0 Å². The van der Waals surface area contributed by atoms with Crippen molar-refractivity contribution in [2.24, 2.45) is 5.92 Å². The Morgan fingerprint density at radius 2 is 1.67 bits per heavy atom. The van der Waals surface area contributed by atoms with Crippen LogP contribution in [-0.4, -0.2) is 43.9 Å². The summed E-state index contributed by atoms with van der Waals surface area (Å²) in [5.74, 6) is 0.327. The Hall–Kier alpha value is -2.87. The molecule has 1 aliphatic heterocycles. The number of sulfone groups is 1. The first-order valence-corrected chi connectivity index (χ1v) is 11.6. The van der Waals surface area contributed by atoms with Crippen LogP contribution in [0, 0.1) is 5.92 Å². The predicted octanol–water partition coefficient (Wildman–Crippen LogP) is 3.78. The number of amides is 2. The van der Waals surface area contributed by atoms with Gasteiger partial charge in [0.15, 0.2) is 9.84 Å². The lowest BCUT2D eigenvalue weighted by atomic mass is 10.0. The van der Waals surface area contributed by atoms with Gasteiger partial charge < -0.3 is 10.0 Å². The summed E-state index contributed by atoms with van der Waals surface area (Å²) in [7, 11) is -3.28. The Kier molecular flexibility index (Phi) is 5.05. The fourth-order valence-corrected chi connectivity index (χ4v) is 5.71. The van der Waals surface area contributed by atoms with Crippen LogP contribution >= 0.6 is 0 Å². The van der Waals surface area contributed by atoms with Crippen LogP contribution in [-0.2, 0) is 14.6 Å². The van der Waals surface area contributed by atoms with Crippen molar-refractivity contribution in [2.45, 2.75) is 37.6 Å². The van der Waals surface area contributed by atoms with E-state index in [4.69, 9.17) is 0 Å². The van der Waals surface area contributed by atoms with Crippen molar-refractivity contribution < 1.29 is 23.1 Å². The number of fused-ring (bicyclic) bond motifs is 1. The Balaban J connectivity index is 1.70. The topological polar surface area (TPSA) is 95.0 Å². The summed E-state index contributed by atoms with van der Waals surface area (Å²) in [5.41, 5.74) is 2.53. The number of carbonyl (C=O) groups excluding carboxylic acids is 1. The maximum absolute atomic E-state index is 12.5. The van der Waals surface area contributed by atoms with Crippen molar-refractivity contribution in [2.75, 3.05) is 22.1 Å². The van der Waals surface area contributed by atoms with Crippen LogP contribution < -0.4 is 9.80 Å². The van der Waals surface area contributed by atoms with E-state index in [9.17, 15) is 23.1 Å². The van der Waals surface area contributed by atoms with Crippen LogP contribution in [0.2, 0.25) is 0 Å². The summed E-state index contributed by atoms with van der Waals surface area (Å²) in [5, 5.41) is 9.65. The van der Waals surface area contributed by atoms with Crippen molar-refractivity contribution in [1.29, 1.82) is 0 Å². The molecule has 1 saturated carbocycles. The number of nitrogens with zero attached hydrogens (tertiary/aromatic N) is 2. The number of hydrogen-bond acceptors (Lipinski definition) is 4. The van der Waals surface area contributed by atoms with Gasteiger partial charge in [-0.3, -0.25) is 9.69 Å². The zero-order chi connectivity index (χ0) is 21.6. The number of rotatable bonds is 4. The standard InChI is InChI=1S/C22H24N2O5S/c1-14-12-23(22(26)27)21-11-18(7-10-20(21)24(14)15(2)25)17-5-8-19(9-6-17)30(28,29)13-16-3-4-16/h5-11,14,16H,3-4,12-13H2,1-2H3,(H,26,27)/t14-/m0/s1. The Morgan fingerprint density at radius 3 is 2.23 bits per heavy atom. The SMILES string of the molecule is CC(=O)N1c2ccc(-c3ccc(S(=O)(=O)CC4CC4)cc3)cc2N(C(=O)O)C[C@@H]1C. The molecule has 1 atom stereocenters. The van der Waals surface area contributed by atoms with Gasteiger partial charge in [-0.25, -0.2) is 13.2 Å². The summed E-state index contributed by atoms with van der Waals surface area (Å²) in [6, 6.07) is 11.7. The highest BCUT2D eigenvalue weighted by Crippen LogP contribution is 2.39. The number of carbonyl (C=O) groups is 2. The van der Waals surface area contributed by atoms with Gasteiger partial charge in [-0.2, -0.15) is 0 Å². The third-order valence-corrected chi connectivity index (χ3v) is 7.58. The van der Waals surface area contributed by atoms with E-state index in [1.807, 2.05) is 13.0 Å². The first-order valence-electron chi connectivity index (χ1n) is 9.95. The van der Waals surface area contributed by atoms with Gasteiger partial charge in [-0.1, -0.05) is 18.2 Å². The van der Waals surface area contributed by atoms with Gasteiger partial charge in [0.2, 0.25) is 5.91 Å². The minimum Gasteiger partial charge on any atom is -0.465 e. The number of carboxylic acid groups (broad SMARTS) is 1. The van der Waals surface area contributed by atoms with Crippen molar-refractivity contribution in [3.63, 3.8) is 0 Å². The highest BCUT2D eigenvalue weighted by Gasteiger charge is 2.34. The van der Waals surface area contributed by atoms with Gasteiger partial charge in [-0.05, 0) is 61.1 Å². The molecule has 1 aliphatic carbocycles. The van der Waals surface area contributed by atoms with Crippen molar-refractivity contribution >= 4 is 33.2 Å². The Morgan fingerprint density at radius 1 is 1.03 bits per heavy atom. The average Bonchev–Trinajstić information content (AvgIpc) is 3.50. The predicted molar refractivity (Wildman–Crippen MR) is 115 cm³/mol. The fraction of sp³-hybridized carbons (Fsp3) is 0.364. The van der Waals surface area contributed by atoms with Gasteiger partial charge in [-0.15, -0.1) is 0 Å². The summed E-state index contributed by atoms with van der Waals surface area (Å²) in [6.45, 7) is 3.46. The summed E-state index contributed by atoms with van der Waals surface area (Å²) in [4.78, 5) is 27.1. The molecule has 7 nitrogen and oxygen atoms in total. The second-order valence-electron chi connectivity index (χ2n) is 8.08. The molecule has 0 aromatic heterocycles. The summed E-state index contributed by atoms with van der Waals surface area (Å²) in [6.07, 6.45) is 0.871. The van der Waals surface area contributed by atoms with E-state index >= 15 is 0 Å². The maximum atomic E-state index is 12.5. The number of anilines is 2. The zero-order valence-corrected chi connectivity index (χ0v) is 17.7. The monoisotopic (exact) mass is 428 g/mol. The van der Waals surface area contributed by atoms with E-state index in [0.29, 0.717) is 16.3 Å². The lowest BCUT2D eigenvalue weighted by Gasteiger charge is -2.39. The van der Waals surface area contributed by atoms with Crippen LogP contribution in [0.25, 0.3) is 11.1 Å². The quantitative estimate of drug-likeness (QED) is 0.800. The Bertz CT molecular complexity index is 1110. The smallest absolute Gasteiger partial charge is 0.411 e. The third kappa shape index (κ3) is 3.79. The molecule has 2 aromatic carbocycles. The second kappa shape index (κ2) is 7.43. The van der Waals surface area contributed by atoms with E-state index in [0.717, 1.165) is 24.0 Å². The van der Waals surface area contributed by atoms with Crippen LogP contribution in [0.4, 0.5) is 16.2 Å². The first kappa shape index (κ1) is 20.4. The minimum absolute atomic E-state index is 0.147. The molecule has 0 spiro atoms. The molecule has 8 heteroatoms. The van der Waals surface area contributed by atoms with E-state index in [1.54, 1.807) is 41.3 Å². The molecule has 2 amide bonds. The van der Waals surface area contributed by atoms with Crippen LogP contribution in [0.3, 0.4) is 0 Å². The van der Waals surface area contributed by atoms with Crippen LogP contribution in [0.1, 0.15) is 26.7 Å². The fourth-order valence-electron chi connectivity index (χ4n) is 4.01. The van der Waals surface area contributed by atoms with Crippen molar-refractivity contribution in [3.8, 4) is 11.1 Å². The van der Waals surface area contributed by atoms with E-state index < -0.39 is 15.9 Å². The second-order valence-corrected chi connectivity index (χ2v) is 10.1. The van der Waals surface area contributed by atoms with E-state index in [2.05, 4.69) is 0 Å². The highest BCUT2D eigenvalue weighted by atomic mass is 32.2. The molecule has 0 saturated heterocycles. The largest absolute Gasteiger partial charge is 0.465 e. The molecule has 2 aromatic rings. The minimum atomic E-state index is -3.28. The van der Waals surface area contributed by atoms with Gasteiger partial charge in [0, 0.05) is 13.5 Å². The molecular formula is C22H24N2O5S. The molecule has 158 valence electrons. The van der Waals surface area contributed by atoms with Gasteiger partial charge in [0.05, 0.1) is 28.1 Å². The number of hydrogen-bond donors (Lipinski definition) is 1. The molecule has 30 heavy (non-hydrogen) atoms. The van der Waals surface area contributed by atoms with Crippen molar-refractivity contribution in [3.05, 3.63) is 42.5 Å². The van der Waals surface area contributed by atoms with Crippen LogP contribution in [0.5, 0.6) is 0 Å². The zero-order valence-electron chi connectivity index (χ0n) is 16.9. The maximum Gasteiger partial charge on any atom is 0.411 e. The molecule has 1 N–H and O–H groups in total. The highest BCUT2D eigenvalue weighted by molar-refractivity contribution is 7.91. The van der Waals surface area contributed by atoms with E-state index in [-0.39, 0.29) is 30.2 Å².